The predicted octanol–water partition coefficient (Wildman–Crippen LogP) is 3.14. The van der Waals surface area contributed by atoms with Crippen LogP contribution in [0, 0.1) is 6.92 Å². The van der Waals surface area contributed by atoms with Crippen molar-refractivity contribution in [3.05, 3.63) is 53.7 Å². The summed E-state index contributed by atoms with van der Waals surface area (Å²) in [5, 5.41) is 0. The van der Waals surface area contributed by atoms with Crippen molar-refractivity contribution in [3.8, 4) is 0 Å². The third-order valence-electron chi connectivity index (χ3n) is 3.01. The zero-order valence-corrected chi connectivity index (χ0v) is 12.4. The molecule has 0 amide bonds. The molecule has 1 heterocycles. The number of aromatic nitrogens is 1. The molecule has 0 atom stereocenters. The van der Waals surface area contributed by atoms with Gasteiger partial charge in [-0.1, -0.05) is 31.5 Å². The molecule has 4 nitrogen and oxygen atoms in total. The van der Waals surface area contributed by atoms with Crippen LogP contribution in [0.15, 0.2) is 47.5 Å². The first-order valence-electron chi connectivity index (χ1n) is 6.56. The number of hydrogen-bond donors (Lipinski definition) is 1. The first-order chi connectivity index (χ1) is 9.53. The second-order valence-corrected chi connectivity index (χ2v) is 6.35. The largest absolute Gasteiger partial charge is 0.263 e. The minimum atomic E-state index is -3.58. The quantitative estimate of drug-likeness (QED) is 0.920. The number of anilines is 1. The average Bonchev–Trinajstić information content (AvgIpc) is 2.42. The number of hydrogen-bond acceptors (Lipinski definition) is 3. The summed E-state index contributed by atoms with van der Waals surface area (Å²) in [7, 11) is -3.58. The van der Waals surface area contributed by atoms with Crippen molar-refractivity contribution in [2.75, 3.05) is 4.72 Å². The molecule has 1 N–H and O–H groups in total. The van der Waals surface area contributed by atoms with Gasteiger partial charge in [0.05, 0.1) is 4.90 Å². The van der Waals surface area contributed by atoms with E-state index < -0.39 is 10.0 Å². The fraction of sp³-hybridized carbons (Fsp3) is 0.267. The molecule has 0 aliphatic carbocycles. The molecule has 0 fully saturated rings. The Morgan fingerprint density at radius 3 is 2.45 bits per heavy atom. The SMILES string of the molecule is CCCc1ccc(S(=O)(=O)Nc2ncccc2C)cc1. The Hall–Kier alpha value is -1.88. The Balaban J connectivity index is 2.24. The van der Waals surface area contributed by atoms with E-state index in [2.05, 4.69) is 16.6 Å². The van der Waals surface area contributed by atoms with Gasteiger partial charge in [-0.15, -0.1) is 0 Å². The number of nitrogens with one attached hydrogen (secondary N) is 1. The number of pyridine rings is 1. The van der Waals surface area contributed by atoms with Gasteiger partial charge >= 0.3 is 0 Å². The highest BCUT2D eigenvalue weighted by Gasteiger charge is 2.15. The normalized spacial score (nSPS) is 11.3. The van der Waals surface area contributed by atoms with Crippen LogP contribution in [0.25, 0.3) is 0 Å². The Labute approximate surface area is 119 Å². The highest BCUT2D eigenvalue weighted by molar-refractivity contribution is 7.92. The van der Waals surface area contributed by atoms with Gasteiger partial charge < -0.3 is 0 Å². The van der Waals surface area contributed by atoms with Gasteiger partial charge in [0.1, 0.15) is 5.82 Å². The second-order valence-electron chi connectivity index (χ2n) is 4.67. The molecule has 0 radical (unpaired) electrons. The Morgan fingerprint density at radius 1 is 1.15 bits per heavy atom. The van der Waals surface area contributed by atoms with Crippen LogP contribution in [-0.4, -0.2) is 13.4 Å². The van der Waals surface area contributed by atoms with Crippen LogP contribution in [0.3, 0.4) is 0 Å². The van der Waals surface area contributed by atoms with Gasteiger partial charge in [-0.2, -0.15) is 0 Å². The zero-order valence-electron chi connectivity index (χ0n) is 11.6. The van der Waals surface area contributed by atoms with E-state index in [4.69, 9.17) is 0 Å². The number of rotatable bonds is 5. The maximum Gasteiger partial charge on any atom is 0.263 e. The van der Waals surface area contributed by atoms with Crippen molar-refractivity contribution in [2.24, 2.45) is 0 Å². The summed E-state index contributed by atoms with van der Waals surface area (Å²) in [6, 6.07) is 10.5. The van der Waals surface area contributed by atoms with Gasteiger partial charge in [0.25, 0.3) is 10.0 Å². The second kappa shape index (κ2) is 6.05. The Kier molecular flexibility index (Phi) is 4.39. The molecule has 20 heavy (non-hydrogen) atoms. The molecular formula is C15H18N2O2S. The molecule has 0 spiro atoms. The van der Waals surface area contributed by atoms with Crippen LogP contribution in [0.4, 0.5) is 5.82 Å². The van der Waals surface area contributed by atoms with E-state index in [-0.39, 0.29) is 4.90 Å². The van der Waals surface area contributed by atoms with Gasteiger partial charge in [0.2, 0.25) is 0 Å². The fourth-order valence-corrected chi connectivity index (χ4v) is 2.98. The molecule has 2 aromatic rings. The number of aryl methyl sites for hydroxylation is 2. The minimum Gasteiger partial charge on any atom is -0.263 e. The van der Waals surface area contributed by atoms with Crippen molar-refractivity contribution in [3.63, 3.8) is 0 Å². The van der Waals surface area contributed by atoms with Crippen molar-refractivity contribution < 1.29 is 8.42 Å². The third kappa shape index (κ3) is 3.36. The molecule has 106 valence electrons. The molecule has 0 bridgehead atoms. The first kappa shape index (κ1) is 14.5. The Bertz CT molecular complexity index is 679. The molecule has 0 saturated heterocycles. The van der Waals surface area contributed by atoms with Crippen LogP contribution >= 0.6 is 0 Å². The van der Waals surface area contributed by atoms with Crippen molar-refractivity contribution in [1.29, 1.82) is 0 Å². The maximum absolute atomic E-state index is 12.3. The third-order valence-corrected chi connectivity index (χ3v) is 4.37. The van der Waals surface area contributed by atoms with E-state index >= 15 is 0 Å². The smallest absolute Gasteiger partial charge is 0.263 e. The van der Waals surface area contributed by atoms with Crippen molar-refractivity contribution >= 4 is 15.8 Å². The van der Waals surface area contributed by atoms with Crippen molar-refractivity contribution in [1.82, 2.24) is 4.98 Å². The minimum absolute atomic E-state index is 0.252. The first-order valence-corrected chi connectivity index (χ1v) is 8.04. The lowest BCUT2D eigenvalue weighted by atomic mass is 10.1. The lowest BCUT2D eigenvalue weighted by Crippen LogP contribution is -2.14. The molecular weight excluding hydrogens is 272 g/mol. The molecule has 1 aromatic carbocycles. The van der Waals surface area contributed by atoms with E-state index in [0.717, 1.165) is 24.0 Å². The topological polar surface area (TPSA) is 59.1 Å². The summed E-state index contributed by atoms with van der Waals surface area (Å²) in [4.78, 5) is 4.30. The van der Waals surface area contributed by atoms with E-state index in [1.165, 1.54) is 0 Å². The number of sulfonamides is 1. The summed E-state index contributed by atoms with van der Waals surface area (Å²) < 4.78 is 27.1. The Morgan fingerprint density at radius 2 is 1.85 bits per heavy atom. The molecule has 0 aliphatic heterocycles. The van der Waals surface area contributed by atoms with Gasteiger partial charge in [0, 0.05) is 6.20 Å². The van der Waals surface area contributed by atoms with E-state index in [1.807, 2.05) is 25.1 Å². The maximum atomic E-state index is 12.3. The van der Waals surface area contributed by atoms with Crippen LogP contribution in [0.2, 0.25) is 0 Å². The summed E-state index contributed by atoms with van der Waals surface area (Å²) in [5.41, 5.74) is 1.93. The molecule has 0 saturated carbocycles. The number of nitrogens with zero attached hydrogens (tertiary/aromatic N) is 1. The summed E-state index contributed by atoms with van der Waals surface area (Å²) >= 11 is 0. The van der Waals surface area contributed by atoms with Crippen LogP contribution in [-0.2, 0) is 16.4 Å². The molecule has 2 rings (SSSR count). The van der Waals surface area contributed by atoms with Gasteiger partial charge in [-0.05, 0) is 42.7 Å². The van der Waals surface area contributed by atoms with Gasteiger partial charge in [0.15, 0.2) is 0 Å². The zero-order chi connectivity index (χ0) is 14.6. The van der Waals surface area contributed by atoms with E-state index in [9.17, 15) is 8.42 Å². The monoisotopic (exact) mass is 290 g/mol. The predicted molar refractivity (Wildman–Crippen MR) is 80.2 cm³/mol. The van der Waals surface area contributed by atoms with Crippen LogP contribution in [0.5, 0.6) is 0 Å². The van der Waals surface area contributed by atoms with Crippen LogP contribution in [0.1, 0.15) is 24.5 Å². The summed E-state index contributed by atoms with van der Waals surface area (Å²) in [5.74, 6) is 0.366. The highest BCUT2D eigenvalue weighted by Crippen LogP contribution is 2.17. The molecule has 0 aliphatic rings. The highest BCUT2D eigenvalue weighted by atomic mass is 32.2. The van der Waals surface area contributed by atoms with E-state index in [0.29, 0.717) is 5.82 Å². The van der Waals surface area contributed by atoms with Gasteiger partial charge in [-0.3, -0.25) is 4.72 Å². The molecule has 0 unspecified atom stereocenters. The fourth-order valence-electron chi connectivity index (χ4n) is 1.90. The standard InChI is InChI=1S/C15H18N2O2S/c1-3-5-13-7-9-14(10-8-13)20(18,19)17-15-12(2)6-4-11-16-15/h4,6-11H,3,5H2,1-2H3,(H,16,17). The lowest BCUT2D eigenvalue weighted by molar-refractivity contribution is 0.601. The lowest BCUT2D eigenvalue weighted by Gasteiger charge is -2.09. The molecule has 5 heteroatoms. The van der Waals surface area contributed by atoms with Crippen molar-refractivity contribution in [2.45, 2.75) is 31.6 Å². The van der Waals surface area contributed by atoms with Gasteiger partial charge in [-0.25, -0.2) is 13.4 Å². The van der Waals surface area contributed by atoms with E-state index in [1.54, 1.807) is 24.4 Å². The summed E-state index contributed by atoms with van der Waals surface area (Å²) in [6.07, 6.45) is 3.56. The number of benzene rings is 1. The summed E-state index contributed by atoms with van der Waals surface area (Å²) in [6.45, 7) is 3.91. The van der Waals surface area contributed by atoms with Crippen LogP contribution < -0.4 is 4.72 Å². The average molecular weight is 290 g/mol. The molecule has 1 aromatic heterocycles.